The highest BCUT2D eigenvalue weighted by molar-refractivity contribution is 6.30. The van der Waals surface area contributed by atoms with Crippen LogP contribution < -0.4 is 15.2 Å². The quantitative estimate of drug-likeness (QED) is 0.909. The summed E-state index contributed by atoms with van der Waals surface area (Å²) in [5.41, 5.74) is 6.78. The van der Waals surface area contributed by atoms with E-state index in [0.717, 1.165) is 5.56 Å². The lowest BCUT2D eigenvalue weighted by Gasteiger charge is -2.23. The van der Waals surface area contributed by atoms with E-state index in [9.17, 15) is 4.39 Å². The van der Waals surface area contributed by atoms with Crippen molar-refractivity contribution in [1.29, 1.82) is 0 Å². The van der Waals surface area contributed by atoms with Crippen molar-refractivity contribution in [2.24, 2.45) is 5.73 Å². The molecule has 0 saturated carbocycles. The number of rotatable bonds is 5. The molecular weight excluding hydrogens is 293 g/mol. The summed E-state index contributed by atoms with van der Waals surface area (Å²) in [5.74, 6) is 0.175. The standard InChI is InChI=1S/C16H17ClFNO2/c1-10(19)16(11-5-3-6-12(9-11)20-2)21-14-8-4-7-13(17)15(14)18/h3-10,16H,19H2,1-2H3. The van der Waals surface area contributed by atoms with Gasteiger partial charge in [-0.2, -0.15) is 0 Å². The van der Waals surface area contributed by atoms with E-state index in [4.69, 9.17) is 26.8 Å². The first-order valence-corrected chi connectivity index (χ1v) is 6.91. The van der Waals surface area contributed by atoms with Crippen LogP contribution in [0.2, 0.25) is 5.02 Å². The van der Waals surface area contributed by atoms with Crippen LogP contribution in [0.15, 0.2) is 42.5 Å². The predicted molar refractivity (Wildman–Crippen MR) is 81.4 cm³/mol. The molecule has 2 aromatic rings. The van der Waals surface area contributed by atoms with Gasteiger partial charge in [-0.3, -0.25) is 0 Å². The molecule has 0 amide bonds. The van der Waals surface area contributed by atoms with Gasteiger partial charge in [0.05, 0.1) is 12.1 Å². The molecule has 3 nitrogen and oxygen atoms in total. The highest BCUT2D eigenvalue weighted by atomic mass is 35.5. The molecule has 2 N–H and O–H groups in total. The van der Waals surface area contributed by atoms with Crippen molar-refractivity contribution in [3.05, 3.63) is 58.9 Å². The molecule has 2 rings (SSSR count). The van der Waals surface area contributed by atoms with Gasteiger partial charge in [-0.25, -0.2) is 4.39 Å². The molecule has 21 heavy (non-hydrogen) atoms. The summed E-state index contributed by atoms with van der Waals surface area (Å²) in [6.07, 6.45) is -0.506. The van der Waals surface area contributed by atoms with Gasteiger partial charge in [-0.15, -0.1) is 0 Å². The van der Waals surface area contributed by atoms with Crippen LogP contribution in [0.3, 0.4) is 0 Å². The highest BCUT2D eigenvalue weighted by Crippen LogP contribution is 2.30. The second-order valence-corrected chi connectivity index (χ2v) is 5.13. The van der Waals surface area contributed by atoms with Crippen LogP contribution in [-0.4, -0.2) is 13.2 Å². The Kier molecular flexibility index (Phi) is 5.04. The van der Waals surface area contributed by atoms with Crippen molar-refractivity contribution in [2.45, 2.75) is 19.1 Å². The van der Waals surface area contributed by atoms with Crippen molar-refractivity contribution in [2.75, 3.05) is 7.11 Å². The molecule has 2 unspecified atom stereocenters. The fraction of sp³-hybridized carbons (Fsp3) is 0.250. The Bertz CT molecular complexity index is 619. The number of methoxy groups -OCH3 is 1. The number of benzene rings is 2. The topological polar surface area (TPSA) is 44.5 Å². The number of hydrogen-bond acceptors (Lipinski definition) is 3. The molecule has 0 bridgehead atoms. The van der Waals surface area contributed by atoms with Crippen LogP contribution in [0.1, 0.15) is 18.6 Å². The summed E-state index contributed by atoms with van der Waals surface area (Å²) in [7, 11) is 1.58. The summed E-state index contributed by atoms with van der Waals surface area (Å²) >= 11 is 5.76. The second kappa shape index (κ2) is 6.78. The second-order valence-electron chi connectivity index (χ2n) is 4.73. The van der Waals surface area contributed by atoms with Gasteiger partial charge in [0, 0.05) is 6.04 Å². The minimum atomic E-state index is -0.590. The summed E-state index contributed by atoms with van der Waals surface area (Å²) in [6, 6.07) is 11.6. The van der Waals surface area contributed by atoms with Gasteiger partial charge < -0.3 is 15.2 Å². The monoisotopic (exact) mass is 309 g/mol. The van der Waals surface area contributed by atoms with Crippen LogP contribution in [-0.2, 0) is 0 Å². The lowest BCUT2D eigenvalue weighted by Crippen LogP contribution is -2.29. The van der Waals surface area contributed by atoms with Gasteiger partial charge in [0.15, 0.2) is 11.6 Å². The third kappa shape index (κ3) is 3.65. The normalized spacial score (nSPS) is 13.6. The fourth-order valence-corrected chi connectivity index (χ4v) is 2.18. The Morgan fingerprint density at radius 3 is 2.57 bits per heavy atom. The van der Waals surface area contributed by atoms with E-state index in [-0.39, 0.29) is 16.8 Å². The molecule has 0 aliphatic carbocycles. The third-order valence-corrected chi connectivity index (χ3v) is 3.36. The summed E-state index contributed by atoms with van der Waals surface area (Å²) in [6.45, 7) is 1.80. The summed E-state index contributed by atoms with van der Waals surface area (Å²) in [4.78, 5) is 0. The zero-order chi connectivity index (χ0) is 15.4. The zero-order valence-electron chi connectivity index (χ0n) is 11.8. The molecule has 0 radical (unpaired) electrons. The van der Waals surface area contributed by atoms with Crippen molar-refractivity contribution < 1.29 is 13.9 Å². The Labute approximate surface area is 128 Å². The lowest BCUT2D eigenvalue weighted by molar-refractivity contribution is 0.172. The maximum absolute atomic E-state index is 14.0. The molecule has 0 aliphatic heterocycles. The van der Waals surface area contributed by atoms with Crippen LogP contribution in [0.4, 0.5) is 4.39 Å². The van der Waals surface area contributed by atoms with Gasteiger partial charge in [-0.05, 0) is 36.8 Å². The first-order valence-electron chi connectivity index (χ1n) is 6.53. The van der Waals surface area contributed by atoms with E-state index in [0.29, 0.717) is 5.75 Å². The van der Waals surface area contributed by atoms with Crippen molar-refractivity contribution in [3.63, 3.8) is 0 Å². The first-order chi connectivity index (χ1) is 10.0. The molecule has 0 saturated heterocycles. The van der Waals surface area contributed by atoms with Crippen LogP contribution in [0, 0.1) is 5.82 Å². The van der Waals surface area contributed by atoms with E-state index >= 15 is 0 Å². The Hall–Kier alpha value is -1.78. The van der Waals surface area contributed by atoms with Gasteiger partial charge >= 0.3 is 0 Å². The van der Waals surface area contributed by atoms with Gasteiger partial charge in [-0.1, -0.05) is 29.8 Å². The Morgan fingerprint density at radius 2 is 1.90 bits per heavy atom. The van der Waals surface area contributed by atoms with E-state index in [1.165, 1.54) is 12.1 Å². The summed E-state index contributed by atoms with van der Waals surface area (Å²) < 4.78 is 24.9. The molecular formula is C16H17ClFNO2. The summed E-state index contributed by atoms with van der Waals surface area (Å²) in [5, 5.41) is 0.0153. The largest absolute Gasteiger partial charge is 0.497 e. The van der Waals surface area contributed by atoms with Crippen LogP contribution in [0.5, 0.6) is 11.5 Å². The molecule has 0 spiro atoms. The average molecular weight is 310 g/mol. The minimum Gasteiger partial charge on any atom is -0.497 e. The number of hydrogen-bond donors (Lipinski definition) is 1. The van der Waals surface area contributed by atoms with E-state index in [1.807, 2.05) is 24.3 Å². The maximum Gasteiger partial charge on any atom is 0.183 e. The molecule has 112 valence electrons. The fourth-order valence-electron chi connectivity index (χ4n) is 2.01. The first kappa shape index (κ1) is 15.6. The minimum absolute atomic E-state index is 0.0153. The molecule has 2 aromatic carbocycles. The van der Waals surface area contributed by atoms with Gasteiger partial charge in [0.2, 0.25) is 0 Å². The molecule has 0 aromatic heterocycles. The SMILES string of the molecule is COc1cccc(C(Oc2cccc(Cl)c2F)C(C)N)c1. The number of halogens is 2. The van der Waals surface area contributed by atoms with Crippen LogP contribution >= 0.6 is 11.6 Å². The molecule has 0 fully saturated rings. The van der Waals surface area contributed by atoms with Crippen molar-refractivity contribution in [3.8, 4) is 11.5 Å². The zero-order valence-corrected chi connectivity index (χ0v) is 12.6. The predicted octanol–water partition coefficient (Wildman–Crippen LogP) is 3.96. The van der Waals surface area contributed by atoms with Crippen molar-refractivity contribution >= 4 is 11.6 Å². The number of ether oxygens (including phenoxy) is 2. The Morgan fingerprint density at radius 1 is 1.19 bits per heavy atom. The highest BCUT2D eigenvalue weighted by Gasteiger charge is 2.21. The lowest BCUT2D eigenvalue weighted by atomic mass is 10.0. The molecule has 0 heterocycles. The van der Waals surface area contributed by atoms with E-state index < -0.39 is 11.9 Å². The van der Waals surface area contributed by atoms with E-state index in [1.54, 1.807) is 20.1 Å². The number of nitrogens with two attached hydrogens (primary N) is 1. The smallest absolute Gasteiger partial charge is 0.183 e. The maximum atomic E-state index is 14.0. The van der Waals surface area contributed by atoms with Crippen molar-refractivity contribution in [1.82, 2.24) is 0 Å². The molecule has 0 aliphatic rings. The molecule has 5 heteroatoms. The average Bonchev–Trinajstić information content (AvgIpc) is 2.48. The Balaban J connectivity index is 2.33. The van der Waals surface area contributed by atoms with Crippen LogP contribution in [0.25, 0.3) is 0 Å². The third-order valence-electron chi connectivity index (χ3n) is 3.07. The van der Waals surface area contributed by atoms with Gasteiger partial charge in [0.25, 0.3) is 0 Å². The van der Waals surface area contributed by atoms with Gasteiger partial charge in [0.1, 0.15) is 11.9 Å². The molecule has 2 atom stereocenters. The van der Waals surface area contributed by atoms with E-state index in [2.05, 4.69) is 0 Å².